The van der Waals surface area contributed by atoms with E-state index in [2.05, 4.69) is 31.3 Å². The van der Waals surface area contributed by atoms with Gasteiger partial charge in [-0.05, 0) is 37.8 Å². The molecular formula is C26H46N2O. The molecule has 0 fully saturated rings. The molecule has 0 bridgehead atoms. The number of hydrogen-bond acceptors (Lipinski definition) is 2. The van der Waals surface area contributed by atoms with Crippen LogP contribution in [0.4, 0.5) is 0 Å². The topological polar surface area (TPSA) is 55.1 Å². The van der Waals surface area contributed by atoms with Crippen molar-refractivity contribution in [1.29, 1.82) is 0 Å². The van der Waals surface area contributed by atoms with Gasteiger partial charge >= 0.3 is 0 Å². The maximum Gasteiger partial charge on any atom is 0.220 e. The highest BCUT2D eigenvalue weighted by Gasteiger charge is 2.22. The van der Waals surface area contributed by atoms with Crippen molar-refractivity contribution in [3.63, 3.8) is 0 Å². The summed E-state index contributed by atoms with van der Waals surface area (Å²) < 4.78 is 0. The average Bonchev–Trinajstić information content (AvgIpc) is 2.69. The van der Waals surface area contributed by atoms with Crippen LogP contribution in [0.2, 0.25) is 0 Å². The van der Waals surface area contributed by atoms with Crippen molar-refractivity contribution in [3.05, 3.63) is 35.4 Å². The van der Waals surface area contributed by atoms with E-state index in [1.54, 1.807) is 0 Å². The molecule has 0 saturated heterocycles. The van der Waals surface area contributed by atoms with Crippen LogP contribution < -0.4 is 11.1 Å². The summed E-state index contributed by atoms with van der Waals surface area (Å²) in [6.45, 7) is 8.42. The normalized spacial score (nSPS) is 12.7. The molecule has 1 rings (SSSR count). The molecule has 1 aromatic rings. The molecule has 0 spiro atoms. The summed E-state index contributed by atoms with van der Waals surface area (Å²) in [6, 6.07) is 8.26. The fourth-order valence-electron chi connectivity index (χ4n) is 4.00. The number of carbonyl (C=O) groups is 1. The molecular weight excluding hydrogens is 356 g/mol. The third-order valence-electron chi connectivity index (χ3n) is 5.78. The zero-order chi connectivity index (χ0) is 21.5. The first-order valence-electron chi connectivity index (χ1n) is 12.1. The largest absolute Gasteiger partial charge is 0.349 e. The van der Waals surface area contributed by atoms with Crippen LogP contribution in [0.1, 0.15) is 128 Å². The predicted octanol–water partition coefficient (Wildman–Crippen LogP) is 7.15. The van der Waals surface area contributed by atoms with Gasteiger partial charge in [0.05, 0.1) is 6.04 Å². The van der Waals surface area contributed by atoms with Gasteiger partial charge in [0, 0.05) is 12.0 Å². The Labute approximate surface area is 180 Å². The second kappa shape index (κ2) is 14.6. The van der Waals surface area contributed by atoms with Gasteiger partial charge in [-0.2, -0.15) is 0 Å². The minimum atomic E-state index is -0.412. The van der Waals surface area contributed by atoms with Gasteiger partial charge in [0.15, 0.2) is 0 Å². The minimum absolute atomic E-state index is 0.0363. The van der Waals surface area contributed by atoms with Crippen LogP contribution in [0.25, 0.3) is 0 Å². The second-order valence-electron chi connectivity index (χ2n) is 9.12. The van der Waals surface area contributed by atoms with Crippen molar-refractivity contribution in [3.8, 4) is 0 Å². The molecule has 0 aliphatic rings. The molecule has 0 radical (unpaired) electrons. The number of unbranched alkanes of at least 4 members (excludes halogenated alkanes) is 10. The van der Waals surface area contributed by atoms with E-state index < -0.39 is 5.54 Å². The fourth-order valence-corrected chi connectivity index (χ4v) is 4.00. The van der Waals surface area contributed by atoms with Gasteiger partial charge in [-0.15, -0.1) is 0 Å². The van der Waals surface area contributed by atoms with Gasteiger partial charge in [0.25, 0.3) is 0 Å². The monoisotopic (exact) mass is 402 g/mol. The lowest BCUT2D eigenvalue weighted by Crippen LogP contribution is -2.34. The molecule has 3 heteroatoms. The Bertz CT molecular complexity index is 562. The lowest BCUT2D eigenvalue weighted by Gasteiger charge is -2.27. The highest BCUT2D eigenvalue weighted by molar-refractivity contribution is 5.76. The first-order chi connectivity index (χ1) is 13.9. The van der Waals surface area contributed by atoms with Gasteiger partial charge < -0.3 is 11.1 Å². The molecule has 1 amide bonds. The Morgan fingerprint density at radius 2 is 1.41 bits per heavy atom. The lowest BCUT2D eigenvalue weighted by atomic mass is 9.87. The summed E-state index contributed by atoms with van der Waals surface area (Å²) in [6.07, 6.45) is 15.8. The van der Waals surface area contributed by atoms with E-state index in [4.69, 9.17) is 5.73 Å². The van der Waals surface area contributed by atoms with Gasteiger partial charge in [-0.3, -0.25) is 4.79 Å². The van der Waals surface area contributed by atoms with E-state index in [0.29, 0.717) is 6.42 Å². The van der Waals surface area contributed by atoms with Gasteiger partial charge in [-0.25, -0.2) is 0 Å². The molecule has 0 heterocycles. The molecule has 166 valence electrons. The van der Waals surface area contributed by atoms with Crippen LogP contribution in [-0.4, -0.2) is 5.91 Å². The summed E-state index contributed by atoms with van der Waals surface area (Å²) in [5, 5.41) is 3.24. The Hall–Kier alpha value is -1.35. The molecule has 0 aliphatic carbocycles. The van der Waals surface area contributed by atoms with Crippen LogP contribution in [0, 0.1) is 0 Å². The zero-order valence-corrected chi connectivity index (χ0v) is 19.6. The number of nitrogens with one attached hydrogen (secondary N) is 1. The van der Waals surface area contributed by atoms with Crippen LogP contribution in [0.15, 0.2) is 24.3 Å². The SMILES string of the molecule is CCCCCCCCCCCCCC(=O)NC(CC)c1ccccc1C(C)(C)N. The van der Waals surface area contributed by atoms with E-state index in [-0.39, 0.29) is 11.9 Å². The summed E-state index contributed by atoms with van der Waals surface area (Å²) in [7, 11) is 0. The summed E-state index contributed by atoms with van der Waals surface area (Å²) in [4.78, 5) is 12.5. The molecule has 1 aromatic carbocycles. The van der Waals surface area contributed by atoms with Crippen LogP contribution >= 0.6 is 0 Å². The van der Waals surface area contributed by atoms with E-state index >= 15 is 0 Å². The Morgan fingerprint density at radius 1 is 0.897 bits per heavy atom. The zero-order valence-electron chi connectivity index (χ0n) is 19.6. The van der Waals surface area contributed by atoms with Crippen molar-refractivity contribution < 1.29 is 4.79 Å². The van der Waals surface area contributed by atoms with Crippen molar-refractivity contribution in [2.24, 2.45) is 5.73 Å². The maximum absolute atomic E-state index is 12.5. The van der Waals surface area contributed by atoms with Crippen LogP contribution in [0.3, 0.4) is 0 Å². The van der Waals surface area contributed by atoms with E-state index in [1.807, 2.05) is 26.0 Å². The Kier molecular flexibility index (Phi) is 12.9. The lowest BCUT2D eigenvalue weighted by molar-refractivity contribution is -0.122. The van der Waals surface area contributed by atoms with Gasteiger partial charge in [0.2, 0.25) is 5.91 Å². The minimum Gasteiger partial charge on any atom is -0.349 e. The fraction of sp³-hybridized carbons (Fsp3) is 0.731. The second-order valence-corrected chi connectivity index (χ2v) is 9.12. The number of amides is 1. The highest BCUT2D eigenvalue weighted by atomic mass is 16.1. The summed E-state index contributed by atoms with van der Waals surface area (Å²) in [5.41, 5.74) is 8.20. The van der Waals surface area contributed by atoms with Crippen molar-refractivity contribution in [2.75, 3.05) is 0 Å². The first-order valence-corrected chi connectivity index (χ1v) is 12.1. The molecule has 29 heavy (non-hydrogen) atoms. The Morgan fingerprint density at radius 3 is 1.93 bits per heavy atom. The maximum atomic E-state index is 12.5. The number of hydrogen-bond donors (Lipinski definition) is 2. The first kappa shape index (κ1) is 25.7. The van der Waals surface area contributed by atoms with Crippen molar-refractivity contribution in [2.45, 2.75) is 123 Å². The molecule has 3 nitrogen and oxygen atoms in total. The van der Waals surface area contributed by atoms with E-state index in [9.17, 15) is 4.79 Å². The number of rotatable bonds is 16. The molecule has 0 saturated carbocycles. The smallest absolute Gasteiger partial charge is 0.220 e. The molecule has 0 aromatic heterocycles. The summed E-state index contributed by atoms with van der Waals surface area (Å²) >= 11 is 0. The van der Waals surface area contributed by atoms with E-state index in [1.165, 1.54) is 57.8 Å². The number of benzene rings is 1. The standard InChI is InChI=1S/C26H46N2O/c1-5-7-8-9-10-11-12-13-14-15-16-21-25(29)28-24(6-2)22-19-17-18-20-23(22)26(3,4)27/h17-20,24H,5-16,21,27H2,1-4H3,(H,28,29). The predicted molar refractivity (Wildman–Crippen MR) is 126 cm³/mol. The molecule has 1 unspecified atom stereocenters. The molecule has 1 atom stereocenters. The number of nitrogens with two attached hydrogens (primary N) is 1. The molecule has 3 N–H and O–H groups in total. The molecule has 0 aliphatic heterocycles. The third kappa shape index (κ3) is 10.8. The third-order valence-corrected chi connectivity index (χ3v) is 5.78. The average molecular weight is 403 g/mol. The highest BCUT2D eigenvalue weighted by Crippen LogP contribution is 2.28. The van der Waals surface area contributed by atoms with Gasteiger partial charge in [-0.1, -0.05) is 102 Å². The quantitative estimate of drug-likeness (QED) is 0.288. The van der Waals surface area contributed by atoms with Gasteiger partial charge in [0.1, 0.15) is 0 Å². The van der Waals surface area contributed by atoms with Crippen molar-refractivity contribution >= 4 is 5.91 Å². The van der Waals surface area contributed by atoms with E-state index in [0.717, 1.165) is 30.4 Å². The summed E-state index contributed by atoms with van der Waals surface area (Å²) in [5.74, 6) is 0.164. The van der Waals surface area contributed by atoms with Crippen LogP contribution in [-0.2, 0) is 10.3 Å². The van der Waals surface area contributed by atoms with Crippen molar-refractivity contribution in [1.82, 2.24) is 5.32 Å². The number of carbonyl (C=O) groups excluding carboxylic acids is 1. The Balaban J connectivity index is 2.26. The van der Waals surface area contributed by atoms with Crippen LogP contribution in [0.5, 0.6) is 0 Å².